The van der Waals surface area contributed by atoms with Crippen LogP contribution in [0.5, 0.6) is 0 Å². The van der Waals surface area contributed by atoms with Gasteiger partial charge < -0.3 is 9.69 Å². The topological polar surface area (TPSA) is 40.6 Å². The maximum absolute atomic E-state index is 12.7. The maximum atomic E-state index is 12.7. The van der Waals surface area contributed by atoms with Crippen LogP contribution in [0.2, 0.25) is 0 Å². The summed E-state index contributed by atoms with van der Waals surface area (Å²) in [5.41, 5.74) is 0.761. The smallest absolute Gasteiger partial charge is 0.254 e. The minimum absolute atomic E-state index is 0.0811. The lowest BCUT2D eigenvalue weighted by Gasteiger charge is -2.33. The fourth-order valence-electron chi connectivity index (χ4n) is 2.82. The van der Waals surface area contributed by atoms with Crippen LogP contribution in [0.25, 0.3) is 10.8 Å². The molecule has 1 aliphatic rings. The number of piperazine rings is 1. The van der Waals surface area contributed by atoms with Gasteiger partial charge in [-0.05, 0) is 16.8 Å². The molecule has 0 radical (unpaired) electrons. The number of hydrogen-bond donors (Lipinski definition) is 0. The molecule has 21 heavy (non-hydrogen) atoms. The average molecular weight is 282 g/mol. The maximum Gasteiger partial charge on any atom is 0.254 e. The Bertz CT molecular complexity index is 655. The van der Waals surface area contributed by atoms with E-state index in [0.29, 0.717) is 19.6 Å². The molecule has 0 bridgehead atoms. The molecule has 0 aliphatic carbocycles. The second-order valence-electron chi connectivity index (χ2n) is 5.29. The third-order valence-corrected chi connectivity index (χ3v) is 4.01. The summed E-state index contributed by atoms with van der Waals surface area (Å²) in [4.78, 5) is 27.2. The van der Waals surface area contributed by atoms with Crippen molar-refractivity contribution in [3.05, 3.63) is 48.0 Å². The van der Waals surface area contributed by atoms with E-state index in [0.717, 1.165) is 35.7 Å². The molecule has 0 spiro atoms. The molecule has 1 heterocycles. The first-order valence-electron chi connectivity index (χ1n) is 7.22. The molecule has 0 atom stereocenters. The van der Waals surface area contributed by atoms with E-state index in [2.05, 4.69) is 4.90 Å². The highest BCUT2D eigenvalue weighted by Gasteiger charge is 2.22. The van der Waals surface area contributed by atoms with E-state index >= 15 is 0 Å². The van der Waals surface area contributed by atoms with Gasteiger partial charge in [0, 0.05) is 31.7 Å². The molecule has 0 saturated carbocycles. The van der Waals surface area contributed by atoms with Crippen LogP contribution >= 0.6 is 0 Å². The van der Waals surface area contributed by atoms with Crippen molar-refractivity contribution < 1.29 is 9.59 Å². The molecule has 2 aromatic carbocycles. The van der Waals surface area contributed by atoms with E-state index in [9.17, 15) is 9.59 Å². The van der Waals surface area contributed by atoms with Crippen LogP contribution in [0.3, 0.4) is 0 Å². The molecule has 0 unspecified atom stereocenters. The third kappa shape index (κ3) is 2.81. The number of hydrogen-bond acceptors (Lipinski definition) is 3. The van der Waals surface area contributed by atoms with Gasteiger partial charge in [0.05, 0.1) is 6.54 Å². The minimum Gasteiger partial charge on any atom is -0.336 e. The van der Waals surface area contributed by atoms with Crippen molar-refractivity contribution in [1.82, 2.24) is 9.80 Å². The summed E-state index contributed by atoms with van der Waals surface area (Å²) in [5.74, 6) is 0.0811. The number of benzene rings is 2. The van der Waals surface area contributed by atoms with Crippen molar-refractivity contribution in [2.75, 3.05) is 32.7 Å². The molecule has 0 aromatic heterocycles. The molecular weight excluding hydrogens is 264 g/mol. The van der Waals surface area contributed by atoms with Crippen LogP contribution in [0.15, 0.2) is 42.5 Å². The number of amides is 1. The van der Waals surface area contributed by atoms with Gasteiger partial charge in [0.15, 0.2) is 0 Å². The second-order valence-corrected chi connectivity index (χ2v) is 5.29. The highest BCUT2D eigenvalue weighted by molar-refractivity contribution is 6.07. The highest BCUT2D eigenvalue weighted by atomic mass is 16.2. The average Bonchev–Trinajstić information content (AvgIpc) is 2.55. The molecule has 1 amide bonds. The summed E-state index contributed by atoms with van der Waals surface area (Å²) in [7, 11) is 0. The number of carbonyl (C=O) groups excluding carboxylic acids is 2. The van der Waals surface area contributed by atoms with E-state index in [1.54, 1.807) is 0 Å². The molecule has 1 fully saturated rings. The van der Waals surface area contributed by atoms with Gasteiger partial charge in [0.25, 0.3) is 5.91 Å². The molecule has 4 heteroatoms. The van der Waals surface area contributed by atoms with Crippen LogP contribution in [-0.2, 0) is 4.79 Å². The molecule has 1 saturated heterocycles. The van der Waals surface area contributed by atoms with Crippen molar-refractivity contribution in [3.63, 3.8) is 0 Å². The largest absolute Gasteiger partial charge is 0.336 e. The van der Waals surface area contributed by atoms with Crippen LogP contribution in [0, 0.1) is 0 Å². The van der Waals surface area contributed by atoms with Crippen molar-refractivity contribution in [1.29, 1.82) is 0 Å². The lowest BCUT2D eigenvalue weighted by molar-refractivity contribution is -0.109. The summed E-state index contributed by atoms with van der Waals surface area (Å²) >= 11 is 0. The van der Waals surface area contributed by atoms with E-state index in [-0.39, 0.29) is 5.91 Å². The Kier molecular flexibility index (Phi) is 3.97. The highest BCUT2D eigenvalue weighted by Crippen LogP contribution is 2.20. The zero-order valence-electron chi connectivity index (χ0n) is 11.9. The Labute approximate surface area is 124 Å². The van der Waals surface area contributed by atoms with Crippen molar-refractivity contribution in [2.24, 2.45) is 0 Å². The van der Waals surface area contributed by atoms with Gasteiger partial charge in [-0.15, -0.1) is 0 Å². The van der Waals surface area contributed by atoms with Gasteiger partial charge in [0.1, 0.15) is 6.29 Å². The van der Waals surface area contributed by atoms with Crippen LogP contribution < -0.4 is 0 Å². The Morgan fingerprint density at radius 3 is 2.48 bits per heavy atom. The van der Waals surface area contributed by atoms with E-state index < -0.39 is 0 Å². The predicted molar refractivity (Wildman–Crippen MR) is 82.4 cm³/mol. The first-order chi connectivity index (χ1) is 10.3. The number of nitrogens with zero attached hydrogens (tertiary/aromatic N) is 2. The fraction of sp³-hybridized carbons (Fsp3) is 0.294. The van der Waals surface area contributed by atoms with Gasteiger partial charge in [-0.2, -0.15) is 0 Å². The SMILES string of the molecule is O=CCN1CCN(C(=O)c2cccc3ccccc23)CC1. The number of rotatable bonds is 3. The molecule has 2 aromatic rings. The Hall–Kier alpha value is -2.20. The second kappa shape index (κ2) is 6.06. The first-order valence-corrected chi connectivity index (χ1v) is 7.22. The van der Waals surface area contributed by atoms with Gasteiger partial charge in [-0.3, -0.25) is 9.69 Å². The quantitative estimate of drug-likeness (QED) is 0.806. The van der Waals surface area contributed by atoms with Gasteiger partial charge >= 0.3 is 0 Å². The lowest BCUT2D eigenvalue weighted by atomic mass is 10.0. The third-order valence-electron chi connectivity index (χ3n) is 4.01. The van der Waals surface area contributed by atoms with Gasteiger partial charge in [-0.25, -0.2) is 0 Å². The molecule has 3 rings (SSSR count). The minimum atomic E-state index is 0.0811. The van der Waals surface area contributed by atoms with Crippen molar-refractivity contribution in [2.45, 2.75) is 0 Å². The van der Waals surface area contributed by atoms with Gasteiger partial charge in [-0.1, -0.05) is 36.4 Å². The summed E-state index contributed by atoms with van der Waals surface area (Å²) < 4.78 is 0. The predicted octanol–water partition coefficient (Wildman–Crippen LogP) is 1.80. The molecular formula is C17H18N2O2. The summed E-state index contributed by atoms with van der Waals surface area (Å²) in [6.45, 7) is 3.33. The van der Waals surface area contributed by atoms with E-state index in [4.69, 9.17) is 0 Å². The number of fused-ring (bicyclic) bond motifs is 1. The van der Waals surface area contributed by atoms with Crippen molar-refractivity contribution in [3.8, 4) is 0 Å². The normalized spacial score (nSPS) is 16.1. The lowest BCUT2D eigenvalue weighted by Crippen LogP contribution is -2.49. The summed E-state index contributed by atoms with van der Waals surface area (Å²) in [6.07, 6.45) is 0.919. The Morgan fingerprint density at radius 2 is 1.71 bits per heavy atom. The monoisotopic (exact) mass is 282 g/mol. The van der Waals surface area contributed by atoms with Gasteiger partial charge in [0.2, 0.25) is 0 Å². The van der Waals surface area contributed by atoms with Crippen LogP contribution in [-0.4, -0.2) is 54.7 Å². The Balaban J connectivity index is 1.80. The zero-order chi connectivity index (χ0) is 14.7. The first kappa shape index (κ1) is 13.8. The molecule has 1 aliphatic heterocycles. The standard InChI is InChI=1S/C17H18N2O2/c20-13-12-18-8-10-19(11-9-18)17(21)16-7-3-5-14-4-1-2-6-15(14)16/h1-7,13H,8-12H2. The molecule has 0 N–H and O–H groups in total. The number of carbonyl (C=O) groups is 2. The summed E-state index contributed by atoms with van der Waals surface area (Å²) in [5, 5.41) is 2.09. The molecule has 108 valence electrons. The van der Waals surface area contributed by atoms with Crippen molar-refractivity contribution >= 4 is 23.0 Å². The van der Waals surface area contributed by atoms with Crippen LogP contribution in [0.1, 0.15) is 10.4 Å². The van der Waals surface area contributed by atoms with E-state index in [1.165, 1.54) is 0 Å². The van der Waals surface area contributed by atoms with E-state index in [1.807, 2.05) is 47.4 Å². The number of aldehydes is 1. The van der Waals surface area contributed by atoms with Crippen LogP contribution in [0.4, 0.5) is 0 Å². The zero-order valence-corrected chi connectivity index (χ0v) is 11.9. The Morgan fingerprint density at radius 1 is 1.00 bits per heavy atom. The summed E-state index contributed by atoms with van der Waals surface area (Å²) in [6, 6.07) is 13.8. The molecule has 4 nitrogen and oxygen atoms in total. The fourth-order valence-corrected chi connectivity index (χ4v) is 2.82.